The number of carbonyl (C=O) groups is 2. The summed E-state index contributed by atoms with van der Waals surface area (Å²) in [6.45, 7) is 7.30. The number of ether oxygens (including phenoxy) is 1. The molecule has 2 atom stereocenters. The van der Waals surface area contributed by atoms with Crippen molar-refractivity contribution in [2.24, 2.45) is 5.92 Å². The van der Waals surface area contributed by atoms with Crippen LogP contribution in [-0.4, -0.2) is 64.8 Å². The molecule has 1 N–H and O–H groups in total. The molecule has 108 valence electrons. The van der Waals surface area contributed by atoms with Gasteiger partial charge in [0, 0.05) is 19.6 Å². The lowest BCUT2D eigenvalue weighted by atomic mass is 10.0. The second-order valence-corrected chi connectivity index (χ2v) is 6.24. The molecule has 2 fully saturated rings. The summed E-state index contributed by atoms with van der Waals surface area (Å²) in [7, 11) is 0. The summed E-state index contributed by atoms with van der Waals surface area (Å²) in [6.07, 6.45) is -0.240. The molecule has 0 saturated carbocycles. The number of hydrogen-bond acceptors (Lipinski definition) is 4. The fourth-order valence-electron chi connectivity index (χ4n) is 2.28. The highest BCUT2D eigenvalue weighted by Crippen LogP contribution is 2.23. The fraction of sp³-hybridized carbons (Fsp3) is 0.846. The Morgan fingerprint density at radius 3 is 2.26 bits per heavy atom. The summed E-state index contributed by atoms with van der Waals surface area (Å²) in [5.74, 6) is -0.558. The van der Waals surface area contributed by atoms with Crippen molar-refractivity contribution in [2.75, 3.05) is 26.2 Å². The lowest BCUT2D eigenvalue weighted by Crippen LogP contribution is -2.48. The number of rotatable bonds is 1. The first-order valence-electron chi connectivity index (χ1n) is 6.73. The molecule has 2 saturated heterocycles. The summed E-state index contributed by atoms with van der Waals surface area (Å²) in [5.41, 5.74) is -0.568. The van der Waals surface area contributed by atoms with E-state index in [1.165, 1.54) is 4.90 Å². The van der Waals surface area contributed by atoms with E-state index in [4.69, 9.17) is 4.74 Å². The molecular formula is C13H22N2O4. The van der Waals surface area contributed by atoms with Gasteiger partial charge < -0.3 is 19.6 Å². The molecule has 1 unspecified atom stereocenters. The maximum Gasteiger partial charge on any atom is 0.410 e. The Bertz CT molecular complexity index is 373. The quantitative estimate of drug-likeness (QED) is 0.751. The Hall–Kier alpha value is -1.30. The molecule has 0 aliphatic carbocycles. The van der Waals surface area contributed by atoms with Crippen molar-refractivity contribution in [1.82, 2.24) is 9.80 Å². The second-order valence-electron chi connectivity index (χ2n) is 6.24. The van der Waals surface area contributed by atoms with Crippen LogP contribution in [0.25, 0.3) is 0 Å². The highest BCUT2D eigenvalue weighted by molar-refractivity contribution is 5.82. The Morgan fingerprint density at radius 2 is 1.79 bits per heavy atom. The van der Waals surface area contributed by atoms with Crippen LogP contribution in [0.5, 0.6) is 0 Å². The number of amides is 2. The first-order chi connectivity index (χ1) is 8.78. The largest absolute Gasteiger partial charge is 0.444 e. The molecule has 0 radical (unpaired) electrons. The molecule has 0 aromatic heterocycles. The van der Waals surface area contributed by atoms with Gasteiger partial charge >= 0.3 is 6.09 Å². The van der Waals surface area contributed by atoms with E-state index in [1.54, 1.807) is 25.7 Å². The van der Waals surface area contributed by atoms with Crippen LogP contribution in [0.3, 0.4) is 0 Å². The zero-order valence-corrected chi connectivity index (χ0v) is 11.8. The topological polar surface area (TPSA) is 70.1 Å². The predicted molar refractivity (Wildman–Crippen MR) is 68.5 cm³/mol. The monoisotopic (exact) mass is 270 g/mol. The number of carbonyl (C=O) groups excluding carboxylic acids is 2. The number of β-amino-alcohol motifs (C(OH)–C–C–N with tert-alkyl or cyclic N) is 1. The van der Waals surface area contributed by atoms with E-state index < -0.39 is 23.7 Å². The highest BCUT2D eigenvalue weighted by atomic mass is 16.6. The third kappa shape index (κ3) is 3.18. The molecule has 2 heterocycles. The van der Waals surface area contributed by atoms with Gasteiger partial charge in [-0.1, -0.05) is 0 Å². The number of nitrogens with zero attached hydrogens (tertiary/aromatic N) is 2. The summed E-state index contributed by atoms with van der Waals surface area (Å²) >= 11 is 0. The average molecular weight is 270 g/mol. The third-order valence-electron chi connectivity index (χ3n) is 3.43. The van der Waals surface area contributed by atoms with E-state index in [2.05, 4.69) is 0 Å². The molecule has 19 heavy (non-hydrogen) atoms. The van der Waals surface area contributed by atoms with Crippen LogP contribution in [0.2, 0.25) is 0 Å². The Morgan fingerprint density at radius 1 is 1.16 bits per heavy atom. The number of hydrogen-bond donors (Lipinski definition) is 1. The molecule has 2 aliphatic rings. The van der Waals surface area contributed by atoms with E-state index in [0.717, 1.165) is 19.5 Å². The van der Waals surface area contributed by atoms with Gasteiger partial charge in [-0.15, -0.1) is 0 Å². The summed E-state index contributed by atoms with van der Waals surface area (Å²) in [5, 5.41) is 9.95. The van der Waals surface area contributed by atoms with Crippen molar-refractivity contribution >= 4 is 12.0 Å². The first kappa shape index (κ1) is 14.1. The van der Waals surface area contributed by atoms with Crippen LogP contribution in [0.15, 0.2) is 0 Å². The Labute approximate surface area is 113 Å². The molecule has 6 nitrogen and oxygen atoms in total. The van der Waals surface area contributed by atoms with E-state index in [0.29, 0.717) is 0 Å². The first-order valence-corrected chi connectivity index (χ1v) is 6.73. The molecule has 0 aromatic carbocycles. The van der Waals surface area contributed by atoms with Crippen LogP contribution < -0.4 is 0 Å². The molecule has 2 amide bonds. The van der Waals surface area contributed by atoms with Crippen LogP contribution in [0.1, 0.15) is 27.2 Å². The third-order valence-corrected chi connectivity index (χ3v) is 3.43. The van der Waals surface area contributed by atoms with Crippen molar-refractivity contribution in [2.45, 2.75) is 38.9 Å². The van der Waals surface area contributed by atoms with Gasteiger partial charge in [-0.2, -0.15) is 0 Å². The predicted octanol–water partition coefficient (Wildman–Crippen LogP) is 0.447. The lowest BCUT2D eigenvalue weighted by molar-refractivity contribution is -0.141. The van der Waals surface area contributed by atoms with Crippen molar-refractivity contribution < 1.29 is 19.4 Å². The molecule has 0 spiro atoms. The highest BCUT2D eigenvalue weighted by Gasteiger charge is 2.42. The van der Waals surface area contributed by atoms with Gasteiger partial charge in [-0.3, -0.25) is 4.79 Å². The zero-order valence-electron chi connectivity index (χ0n) is 11.8. The number of likely N-dealkylation sites (tertiary alicyclic amines) is 2. The van der Waals surface area contributed by atoms with E-state index in [9.17, 15) is 14.7 Å². The smallest absolute Gasteiger partial charge is 0.410 e. The minimum absolute atomic E-state index is 0.0511. The summed E-state index contributed by atoms with van der Waals surface area (Å²) < 4.78 is 5.25. The minimum Gasteiger partial charge on any atom is -0.444 e. The minimum atomic E-state index is -0.791. The van der Waals surface area contributed by atoms with Gasteiger partial charge in [0.2, 0.25) is 5.91 Å². The van der Waals surface area contributed by atoms with Gasteiger partial charge in [-0.05, 0) is 27.2 Å². The standard InChI is InChI=1S/C13H22N2O4/c1-13(2,3)19-12(18)15-7-9(10(16)8-15)11(17)14-5-4-6-14/h9-10,16H,4-8H2,1-3H3/t9?,10-/m0/s1. The van der Waals surface area contributed by atoms with Gasteiger partial charge in [0.05, 0.1) is 18.6 Å². The van der Waals surface area contributed by atoms with Crippen LogP contribution in [0.4, 0.5) is 4.79 Å². The number of aliphatic hydroxyl groups is 1. The molecule has 2 rings (SSSR count). The molecule has 0 aromatic rings. The van der Waals surface area contributed by atoms with Gasteiger partial charge in [0.1, 0.15) is 5.60 Å². The number of aliphatic hydroxyl groups excluding tert-OH is 1. The summed E-state index contributed by atoms with van der Waals surface area (Å²) in [4.78, 5) is 27.1. The maximum atomic E-state index is 12.1. The van der Waals surface area contributed by atoms with Crippen molar-refractivity contribution in [3.8, 4) is 0 Å². The van der Waals surface area contributed by atoms with Crippen molar-refractivity contribution in [3.05, 3.63) is 0 Å². The van der Waals surface area contributed by atoms with Gasteiger partial charge in [0.15, 0.2) is 0 Å². The van der Waals surface area contributed by atoms with Crippen molar-refractivity contribution in [3.63, 3.8) is 0 Å². The fourth-order valence-corrected chi connectivity index (χ4v) is 2.28. The van der Waals surface area contributed by atoms with Crippen LogP contribution >= 0.6 is 0 Å². The van der Waals surface area contributed by atoms with Gasteiger partial charge in [-0.25, -0.2) is 4.79 Å². The molecule has 6 heteroatoms. The molecule has 0 bridgehead atoms. The van der Waals surface area contributed by atoms with Crippen molar-refractivity contribution in [1.29, 1.82) is 0 Å². The zero-order chi connectivity index (χ0) is 14.2. The maximum absolute atomic E-state index is 12.1. The van der Waals surface area contributed by atoms with Gasteiger partial charge in [0.25, 0.3) is 0 Å². The van der Waals surface area contributed by atoms with E-state index in [-0.39, 0.29) is 19.0 Å². The lowest BCUT2D eigenvalue weighted by Gasteiger charge is -2.33. The Balaban J connectivity index is 1.93. The van der Waals surface area contributed by atoms with E-state index in [1.807, 2.05) is 0 Å². The normalized spacial score (nSPS) is 27.2. The SMILES string of the molecule is CC(C)(C)OC(=O)N1CC(C(=O)N2CCC2)[C@@H](O)C1. The molecule has 2 aliphatic heterocycles. The Kier molecular flexibility index (Phi) is 3.71. The van der Waals surface area contributed by atoms with E-state index >= 15 is 0 Å². The average Bonchev–Trinajstić information content (AvgIpc) is 2.54. The van der Waals surface area contributed by atoms with Crippen LogP contribution in [0, 0.1) is 5.92 Å². The van der Waals surface area contributed by atoms with Crippen LogP contribution in [-0.2, 0) is 9.53 Å². The summed E-state index contributed by atoms with van der Waals surface area (Å²) in [6, 6.07) is 0. The molecular weight excluding hydrogens is 248 g/mol. The second kappa shape index (κ2) is 5.00.